The van der Waals surface area contributed by atoms with E-state index < -0.39 is 0 Å². The van der Waals surface area contributed by atoms with Crippen molar-refractivity contribution in [1.29, 1.82) is 0 Å². The summed E-state index contributed by atoms with van der Waals surface area (Å²) in [6.07, 6.45) is 1.65. The highest BCUT2D eigenvalue weighted by Crippen LogP contribution is 2.24. The largest absolute Gasteiger partial charge is 0.497 e. The summed E-state index contributed by atoms with van der Waals surface area (Å²) >= 11 is 0. The van der Waals surface area contributed by atoms with Crippen molar-refractivity contribution >= 4 is 29.9 Å². The molecule has 0 aliphatic rings. The van der Waals surface area contributed by atoms with Gasteiger partial charge >= 0.3 is 0 Å². The number of hydrogen-bond acceptors (Lipinski definition) is 5. The Morgan fingerprint density at radius 3 is 2.48 bits per heavy atom. The van der Waals surface area contributed by atoms with Gasteiger partial charge in [-0.15, -0.1) is 24.0 Å². The average molecular weight is 508 g/mol. The maximum absolute atomic E-state index is 5.56. The minimum absolute atomic E-state index is 0. The Bertz CT molecular complexity index is 929. The van der Waals surface area contributed by atoms with Gasteiger partial charge in [-0.05, 0) is 24.3 Å². The highest BCUT2D eigenvalue weighted by molar-refractivity contribution is 14.0. The molecule has 3 aromatic rings. The van der Waals surface area contributed by atoms with Gasteiger partial charge in [0.2, 0.25) is 5.89 Å². The van der Waals surface area contributed by atoms with Crippen molar-refractivity contribution in [3.63, 3.8) is 0 Å². The zero-order valence-electron chi connectivity index (χ0n) is 16.6. The molecule has 2 N–H and O–H groups in total. The predicted molar refractivity (Wildman–Crippen MR) is 124 cm³/mol. The molecule has 154 valence electrons. The van der Waals surface area contributed by atoms with Crippen LogP contribution in [0.1, 0.15) is 11.3 Å². The van der Waals surface area contributed by atoms with E-state index in [9.17, 15) is 0 Å². The molecular formula is C21H25IN4O3. The second-order valence-corrected chi connectivity index (χ2v) is 5.97. The topological polar surface area (TPSA) is 80.9 Å². The number of methoxy groups -OCH3 is 2. The molecule has 0 radical (unpaired) electrons. The molecule has 3 rings (SSSR count). The number of halogens is 1. The third-order valence-corrected chi connectivity index (χ3v) is 4.17. The maximum Gasteiger partial charge on any atom is 0.226 e. The summed E-state index contributed by atoms with van der Waals surface area (Å²) < 4.78 is 16.2. The van der Waals surface area contributed by atoms with Crippen molar-refractivity contribution in [2.24, 2.45) is 4.99 Å². The van der Waals surface area contributed by atoms with Crippen LogP contribution in [0, 0.1) is 0 Å². The number of nitrogens with zero attached hydrogens (tertiary/aromatic N) is 2. The summed E-state index contributed by atoms with van der Waals surface area (Å²) in [7, 11) is 4.99. The van der Waals surface area contributed by atoms with E-state index >= 15 is 0 Å². The Labute approximate surface area is 187 Å². The summed E-state index contributed by atoms with van der Waals surface area (Å²) in [6, 6.07) is 15.5. The first-order valence-electron chi connectivity index (χ1n) is 8.88. The average Bonchev–Trinajstić information content (AvgIpc) is 3.23. The molecule has 0 bridgehead atoms. The van der Waals surface area contributed by atoms with Crippen LogP contribution in [0.3, 0.4) is 0 Å². The molecule has 1 aromatic heterocycles. The van der Waals surface area contributed by atoms with Gasteiger partial charge in [-0.2, -0.15) is 0 Å². The SMILES string of the molecule is CN=C(NCc1coc(-c2ccccc2)n1)NCc1ccc(OC)cc1OC.I. The number of guanidine groups is 1. The summed E-state index contributed by atoms with van der Waals surface area (Å²) in [5, 5.41) is 6.50. The third kappa shape index (κ3) is 6.11. The van der Waals surface area contributed by atoms with Crippen molar-refractivity contribution in [1.82, 2.24) is 15.6 Å². The normalized spacial score (nSPS) is 10.8. The highest BCUT2D eigenvalue weighted by Gasteiger charge is 2.09. The fraction of sp³-hybridized carbons (Fsp3) is 0.238. The quantitative estimate of drug-likeness (QED) is 0.287. The molecule has 0 saturated heterocycles. The van der Waals surface area contributed by atoms with E-state index in [-0.39, 0.29) is 24.0 Å². The van der Waals surface area contributed by atoms with Gasteiger partial charge in [0.25, 0.3) is 0 Å². The molecule has 0 unspecified atom stereocenters. The van der Waals surface area contributed by atoms with Crippen molar-refractivity contribution in [2.45, 2.75) is 13.1 Å². The van der Waals surface area contributed by atoms with E-state index in [0.29, 0.717) is 24.9 Å². The van der Waals surface area contributed by atoms with Gasteiger partial charge in [0.1, 0.15) is 17.8 Å². The number of rotatable bonds is 7. The summed E-state index contributed by atoms with van der Waals surface area (Å²) in [5.41, 5.74) is 2.74. The van der Waals surface area contributed by atoms with E-state index in [0.717, 1.165) is 28.3 Å². The lowest BCUT2D eigenvalue weighted by Gasteiger charge is -2.14. The number of nitrogens with one attached hydrogen (secondary N) is 2. The maximum atomic E-state index is 5.56. The van der Waals surface area contributed by atoms with E-state index in [1.165, 1.54) is 0 Å². The Morgan fingerprint density at radius 1 is 1.03 bits per heavy atom. The summed E-state index contributed by atoms with van der Waals surface area (Å²) in [6.45, 7) is 1.05. The van der Waals surface area contributed by atoms with Gasteiger partial charge in [0.05, 0.1) is 26.5 Å². The van der Waals surface area contributed by atoms with Crippen LogP contribution in [-0.2, 0) is 13.1 Å². The molecule has 7 nitrogen and oxygen atoms in total. The Kier molecular flexibility index (Phi) is 8.78. The number of hydrogen-bond donors (Lipinski definition) is 2. The fourth-order valence-corrected chi connectivity index (χ4v) is 2.67. The molecule has 0 aliphatic heterocycles. The van der Waals surface area contributed by atoms with Gasteiger partial charge in [0, 0.05) is 30.8 Å². The van der Waals surface area contributed by atoms with Crippen LogP contribution >= 0.6 is 24.0 Å². The molecule has 0 amide bonds. The van der Waals surface area contributed by atoms with Gasteiger partial charge < -0.3 is 24.5 Å². The second kappa shape index (κ2) is 11.3. The van der Waals surface area contributed by atoms with Gasteiger partial charge in [-0.3, -0.25) is 4.99 Å². The zero-order valence-corrected chi connectivity index (χ0v) is 19.0. The molecule has 0 aliphatic carbocycles. The molecule has 1 heterocycles. The first kappa shape index (κ1) is 22.5. The van der Waals surface area contributed by atoms with E-state index in [1.54, 1.807) is 27.5 Å². The van der Waals surface area contributed by atoms with Crippen molar-refractivity contribution < 1.29 is 13.9 Å². The van der Waals surface area contributed by atoms with Crippen LogP contribution in [0.25, 0.3) is 11.5 Å². The molecular weight excluding hydrogens is 483 g/mol. The molecule has 8 heteroatoms. The van der Waals surface area contributed by atoms with Gasteiger partial charge in [-0.1, -0.05) is 18.2 Å². The number of aliphatic imine (C=N–C) groups is 1. The highest BCUT2D eigenvalue weighted by atomic mass is 127. The van der Waals surface area contributed by atoms with Crippen molar-refractivity contribution in [2.75, 3.05) is 21.3 Å². The van der Waals surface area contributed by atoms with Gasteiger partial charge in [0.15, 0.2) is 5.96 Å². The smallest absolute Gasteiger partial charge is 0.226 e. The molecule has 0 atom stereocenters. The van der Waals surface area contributed by atoms with E-state index in [2.05, 4.69) is 20.6 Å². The first-order valence-corrected chi connectivity index (χ1v) is 8.88. The standard InChI is InChI=1S/C21H24N4O3.HI/c1-22-21(23-12-16-9-10-18(26-2)11-19(16)27-3)24-13-17-14-28-20(25-17)15-7-5-4-6-8-15;/h4-11,14H,12-13H2,1-3H3,(H2,22,23,24);1H. The lowest BCUT2D eigenvalue weighted by Crippen LogP contribution is -2.36. The molecule has 2 aromatic carbocycles. The van der Waals surface area contributed by atoms with Crippen LogP contribution in [-0.4, -0.2) is 32.2 Å². The Hall–Kier alpha value is -2.75. The number of ether oxygens (including phenoxy) is 2. The lowest BCUT2D eigenvalue weighted by atomic mass is 10.2. The molecule has 0 spiro atoms. The number of benzene rings is 2. The number of aromatic nitrogens is 1. The monoisotopic (exact) mass is 508 g/mol. The lowest BCUT2D eigenvalue weighted by molar-refractivity contribution is 0.390. The minimum Gasteiger partial charge on any atom is -0.497 e. The Balaban J connectivity index is 0.00000300. The zero-order chi connectivity index (χ0) is 19.8. The fourth-order valence-electron chi connectivity index (χ4n) is 2.67. The second-order valence-electron chi connectivity index (χ2n) is 5.97. The predicted octanol–water partition coefficient (Wildman–Crippen LogP) is 3.84. The number of oxazole rings is 1. The Morgan fingerprint density at radius 2 is 1.79 bits per heavy atom. The van der Waals surface area contributed by atoms with E-state index in [4.69, 9.17) is 13.9 Å². The van der Waals surface area contributed by atoms with E-state index in [1.807, 2.05) is 48.5 Å². The summed E-state index contributed by atoms with van der Waals surface area (Å²) in [4.78, 5) is 8.75. The minimum atomic E-state index is 0. The van der Waals surface area contributed by atoms with Crippen LogP contribution in [0.2, 0.25) is 0 Å². The van der Waals surface area contributed by atoms with Crippen LogP contribution in [0.4, 0.5) is 0 Å². The van der Waals surface area contributed by atoms with Crippen LogP contribution in [0.5, 0.6) is 11.5 Å². The van der Waals surface area contributed by atoms with Crippen LogP contribution < -0.4 is 20.1 Å². The summed E-state index contributed by atoms with van der Waals surface area (Å²) in [5.74, 6) is 2.76. The van der Waals surface area contributed by atoms with Crippen molar-refractivity contribution in [3.05, 3.63) is 66.1 Å². The molecule has 29 heavy (non-hydrogen) atoms. The van der Waals surface area contributed by atoms with Crippen LogP contribution in [0.15, 0.2) is 64.2 Å². The van der Waals surface area contributed by atoms with Gasteiger partial charge in [-0.25, -0.2) is 4.98 Å². The van der Waals surface area contributed by atoms with Crippen molar-refractivity contribution in [3.8, 4) is 23.0 Å². The molecule has 0 saturated carbocycles. The first-order chi connectivity index (χ1) is 13.7. The molecule has 0 fully saturated rings. The third-order valence-electron chi connectivity index (χ3n) is 4.17.